The molecule has 6 nitrogen and oxygen atoms in total. The van der Waals surface area contributed by atoms with Crippen LogP contribution in [-0.4, -0.2) is 19.9 Å². The summed E-state index contributed by atoms with van der Waals surface area (Å²) in [5.41, 5.74) is 1.98. The molecule has 4 heterocycles. The van der Waals surface area contributed by atoms with E-state index in [1.165, 1.54) is 0 Å². The fourth-order valence-electron chi connectivity index (χ4n) is 2.75. The highest BCUT2D eigenvalue weighted by atomic mass is 79.9. The summed E-state index contributed by atoms with van der Waals surface area (Å²) in [6.07, 6.45) is 0. The van der Waals surface area contributed by atoms with Crippen molar-refractivity contribution in [2.45, 2.75) is 6.92 Å². The molecule has 0 atom stereocenters. The fraction of sp³-hybridized carbons (Fsp3) is 0.0556. The SMILES string of the molecule is Cc1nn(-c2ccccc2)c2sc(-c3noc(-c4ccc(Br)o4)n3)cc12. The van der Waals surface area contributed by atoms with E-state index in [-0.39, 0.29) is 0 Å². The van der Waals surface area contributed by atoms with Crippen molar-refractivity contribution in [3.63, 3.8) is 0 Å². The number of para-hydroxylation sites is 1. The molecule has 5 rings (SSSR count). The second kappa shape index (κ2) is 5.93. The third kappa shape index (κ3) is 2.49. The Hall–Kier alpha value is -2.71. The van der Waals surface area contributed by atoms with Crippen LogP contribution in [0.25, 0.3) is 38.3 Å². The molecule has 0 aliphatic rings. The molecule has 4 aromatic heterocycles. The van der Waals surface area contributed by atoms with Crippen LogP contribution in [0.2, 0.25) is 0 Å². The van der Waals surface area contributed by atoms with Gasteiger partial charge in [-0.05, 0) is 53.2 Å². The number of rotatable bonds is 3. The van der Waals surface area contributed by atoms with Gasteiger partial charge >= 0.3 is 0 Å². The summed E-state index contributed by atoms with van der Waals surface area (Å²) in [5, 5.41) is 9.84. The van der Waals surface area contributed by atoms with Gasteiger partial charge in [-0.3, -0.25) is 0 Å². The summed E-state index contributed by atoms with van der Waals surface area (Å²) in [6.45, 7) is 2.00. The number of benzene rings is 1. The van der Waals surface area contributed by atoms with Crippen molar-refractivity contribution < 1.29 is 8.94 Å². The first-order valence-corrected chi connectivity index (χ1v) is 9.44. The number of aryl methyl sites for hydroxylation is 1. The lowest BCUT2D eigenvalue weighted by Gasteiger charge is -2.00. The van der Waals surface area contributed by atoms with Gasteiger partial charge in [0.15, 0.2) is 10.4 Å². The van der Waals surface area contributed by atoms with E-state index in [2.05, 4.69) is 37.2 Å². The summed E-state index contributed by atoms with van der Waals surface area (Å²) in [6, 6.07) is 15.7. The van der Waals surface area contributed by atoms with Gasteiger partial charge in [0.1, 0.15) is 4.83 Å². The van der Waals surface area contributed by atoms with Gasteiger partial charge in [0.05, 0.1) is 16.3 Å². The summed E-state index contributed by atoms with van der Waals surface area (Å²) in [7, 11) is 0. The number of thiophene rings is 1. The maximum atomic E-state index is 5.47. The molecule has 26 heavy (non-hydrogen) atoms. The van der Waals surface area contributed by atoms with Crippen LogP contribution in [0.5, 0.6) is 0 Å². The lowest BCUT2D eigenvalue weighted by atomic mass is 10.3. The second-order valence-electron chi connectivity index (χ2n) is 5.69. The number of hydrogen-bond donors (Lipinski definition) is 0. The van der Waals surface area contributed by atoms with Crippen LogP contribution < -0.4 is 0 Å². The highest BCUT2D eigenvalue weighted by Gasteiger charge is 2.19. The molecule has 5 aromatic rings. The molecule has 0 saturated carbocycles. The van der Waals surface area contributed by atoms with Crippen LogP contribution in [0.4, 0.5) is 0 Å². The normalized spacial score (nSPS) is 11.5. The number of fused-ring (bicyclic) bond motifs is 1. The lowest BCUT2D eigenvalue weighted by molar-refractivity contribution is 0.414. The summed E-state index contributed by atoms with van der Waals surface area (Å²) in [4.78, 5) is 6.43. The number of hydrogen-bond acceptors (Lipinski definition) is 6. The standard InChI is InChI=1S/C18H11BrN4O2S/c1-10-12-9-14(16-20-17(25-22-16)13-7-8-15(19)24-13)26-18(12)23(21-10)11-5-3-2-4-6-11/h2-9H,1H3. The zero-order chi connectivity index (χ0) is 17.7. The topological polar surface area (TPSA) is 69.9 Å². The molecule has 0 unspecified atom stereocenters. The Morgan fingerprint density at radius 1 is 1.12 bits per heavy atom. The van der Waals surface area contributed by atoms with E-state index in [0.29, 0.717) is 22.1 Å². The molecule has 0 aliphatic heterocycles. The molecule has 8 heteroatoms. The van der Waals surface area contributed by atoms with Crippen molar-refractivity contribution >= 4 is 37.5 Å². The molecular formula is C18H11BrN4O2S. The number of aromatic nitrogens is 4. The monoisotopic (exact) mass is 426 g/mol. The summed E-state index contributed by atoms with van der Waals surface area (Å²) in [5.74, 6) is 1.42. The largest absolute Gasteiger partial charge is 0.444 e. The summed E-state index contributed by atoms with van der Waals surface area (Å²) < 4.78 is 13.4. The predicted octanol–water partition coefficient (Wildman–Crippen LogP) is 5.47. The lowest BCUT2D eigenvalue weighted by Crippen LogP contribution is -1.94. The molecule has 1 aromatic carbocycles. The minimum Gasteiger partial charge on any atom is -0.444 e. The van der Waals surface area contributed by atoms with Gasteiger partial charge in [-0.2, -0.15) is 10.1 Å². The van der Waals surface area contributed by atoms with Gasteiger partial charge in [-0.25, -0.2) is 4.68 Å². The Morgan fingerprint density at radius 3 is 2.73 bits per heavy atom. The van der Waals surface area contributed by atoms with Crippen LogP contribution in [0, 0.1) is 6.92 Å². The van der Waals surface area contributed by atoms with Gasteiger partial charge in [0.2, 0.25) is 5.82 Å². The fourth-order valence-corrected chi connectivity index (χ4v) is 4.17. The quantitative estimate of drug-likeness (QED) is 0.382. The first-order chi connectivity index (χ1) is 12.7. The van der Waals surface area contributed by atoms with Gasteiger partial charge < -0.3 is 8.94 Å². The van der Waals surface area contributed by atoms with E-state index in [1.54, 1.807) is 23.5 Å². The maximum Gasteiger partial charge on any atom is 0.294 e. The molecule has 128 valence electrons. The molecular weight excluding hydrogens is 416 g/mol. The van der Waals surface area contributed by atoms with Gasteiger partial charge in [0, 0.05) is 5.39 Å². The summed E-state index contributed by atoms with van der Waals surface area (Å²) >= 11 is 4.86. The van der Waals surface area contributed by atoms with Gasteiger partial charge in [0.25, 0.3) is 5.89 Å². The third-order valence-corrected chi connectivity index (χ3v) is 5.51. The molecule has 0 N–H and O–H groups in total. The Balaban J connectivity index is 1.60. The first kappa shape index (κ1) is 15.5. The zero-order valence-corrected chi connectivity index (χ0v) is 15.9. The number of halogens is 1. The van der Waals surface area contributed by atoms with E-state index in [0.717, 1.165) is 26.5 Å². The highest BCUT2D eigenvalue weighted by molar-refractivity contribution is 9.10. The van der Waals surface area contributed by atoms with Crippen molar-refractivity contribution in [3.8, 4) is 28.0 Å². The van der Waals surface area contributed by atoms with Crippen molar-refractivity contribution in [2.24, 2.45) is 0 Å². The molecule has 0 spiro atoms. The van der Waals surface area contributed by atoms with Crippen LogP contribution in [0.15, 0.2) is 62.1 Å². The van der Waals surface area contributed by atoms with Crippen LogP contribution >= 0.6 is 27.3 Å². The van der Waals surface area contributed by atoms with E-state index in [9.17, 15) is 0 Å². The maximum absolute atomic E-state index is 5.47. The molecule has 0 fully saturated rings. The Labute approximate surface area is 160 Å². The van der Waals surface area contributed by atoms with E-state index in [1.807, 2.05) is 41.9 Å². The third-order valence-electron chi connectivity index (χ3n) is 3.98. The van der Waals surface area contributed by atoms with Crippen molar-refractivity contribution in [3.05, 3.63) is 58.9 Å². The van der Waals surface area contributed by atoms with Crippen LogP contribution in [-0.2, 0) is 0 Å². The zero-order valence-electron chi connectivity index (χ0n) is 13.5. The van der Waals surface area contributed by atoms with Gasteiger partial charge in [-0.15, -0.1) is 11.3 Å². The van der Waals surface area contributed by atoms with Gasteiger partial charge in [-0.1, -0.05) is 23.4 Å². The smallest absolute Gasteiger partial charge is 0.294 e. The average molecular weight is 427 g/mol. The van der Waals surface area contributed by atoms with Crippen molar-refractivity contribution in [2.75, 3.05) is 0 Å². The average Bonchev–Trinajstić information content (AvgIpc) is 3.40. The van der Waals surface area contributed by atoms with Crippen LogP contribution in [0.3, 0.4) is 0 Å². The van der Waals surface area contributed by atoms with Crippen molar-refractivity contribution in [1.29, 1.82) is 0 Å². The van der Waals surface area contributed by atoms with E-state index < -0.39 is 0 Å². The molecule has 0 saturated heterocycles. The number of furan rings is 1. The Morgan fingerprint density at radius 2 is 1.96 bits per heavy atom. The van der Waals surface area contributed by atoms with Crippen LogP contribution in [0.1, 0.15) is 5.69 Å². The van der Waals surface area contributed by atoms with E-state index in [4.69, 9.17) is 8.94 Å². The van der Waals surface area contributed by atoms with E-state index >= 15 is 0 Å². The molecule has 0 aliphatic carbocycles. The predicted molar refractivity (Wildman–Crippen MR) is 102 cm³/mol. The highest BCUT2D eigenvalue weighted by Crippen LogP contribution is 2.36. The minimum atomic E-state index is 0.351. The van der Waals surface area contributed by atoms with Crippen molar-refractivity contribution in [1.82, 2.24) is 19.9 Å². The Bertz CT molecular complexity index is 1220. The minimum absolute atomic E-state index is 0.351. The molecule has 0 radical (unpaired) electrons. The molecule has 0 amide bonds. The Kier molecular flexibility index (Phi) is 3.54. The molecule has 0 bridgehead atoms. The number of nitrogens with zero attached hydrogens (tertiary/aromatic N) is 4. The first-order valence-electron chi connectivity index (χ1n) is 7.83. The second-order valence-corrected chi connectivity index (χ2v) is 7.50.